The minimum atomic E-state index is -3.80. The van der Waals surface area contributed by atoms with E-state index in [4.69, 9.17) is 0 Å². The van der Waals surface area contributed by atoms with Gasteiger partial charge in [-0.2, -0.15) is 4.31 Å². The Morgan fingerprint density at radius 3 is 2.55 bits per heavy atom. The molecule has 0 unspecified atom stereocenters. The lowest BCUT2D eigenvalue weighted by Gasteiger charge is -2.31. The molecule has 0 saturated carbocycles. The summed E-state index contributed by atoms with van der Waals surface area (Å²) < 4.78 is 28.4. The number of likely N-dealkylation sites (N-methyl/N-ethyl adjacent to an activating group) is 1. The van der Waals surface area contributed by atoms with Gasteiger partial charge in [-0.15, -0.1) is 0 Å². The summed E-state index contributed by atoms with van der Waals surface area (Å²) >= 11 is 0. The van der Waals surface area contributed by atoms with Crippen molar-refractivity contribution in [1.82, 2.24) is 4.31 Å². The first-order valence-electron chi connectivity index (χ1n) is 11.2. The molecule has 8 heteroatoms. The number of nitrogens with one attached hydrogen (secondary N) is 1. The second-order valence-electron chi connectivity index (χ2n) is 9.68. The number of nitrogens with zero attached hydrogens (tertiary/aromatic N) is 2. The Morgan fingerprint density at radius 2 is 1.85 bits per heavy atom. The molecule has 0 aromatic heterocycles. The second-order valence-corrected chi connectivity index (χ2v) is 11.6. The monoisotopic (exact) mass is 469 g/mol. The van der Waals surface area contributed by atoms with E-state index in [2.05, 4.69) is 5.32 Å². The van der Waals surface area contributed by atoms with Gasteiger partial charge in [0.05, 0.1) is 16.2 Å². The standard InChI is InChI=1S/C25H31N3O4S/c1-16-8-10-21(17(2)13-16)26-23(29)18-7-6-12-28(15-18)33(31,32)19-9-11-22-20(14-19)25(3,4)24(30)27(22)5/h8-11,13-14,18H,6-7,12,15H2,1-5H3,(H,26,29)/t18-/m1/s1. The number of benzene rings is 2. The number of hydrogen-bond acceptors (Lipinski definition) is 4. The Hall–Kier alpha value is -2.71. The highest BCUT2D eigenvalue weighted by Gasteiger charge is 2.43. The molecular weight excluding hydrogens is 438 g/mol. The van der Waals surface area contributed by atoms with Crippen molar-refractivity contribution < 1.29 is 18.0 Å². The minimum absolute atomic E-state index is 0.0619. The van der Waals surface area contributed by atoms with Crippen LogP contribution in [0.25, 0.3) is 0 Å². The van der Waals surface area contributed by atoms with Crippen LogP contribution < -0.4 is 10.2 Å². The molecule has 0 radical (unpaired) electrons. The molecule has 1 fully saturated rings. The lowest BCUT2D eigenvalue weighted by Crippen LogP contribution is -2.43. The number of anilines is 2. The van der Waals surface area contributed by atoms with Gasteiger partial charge in [0, 0.05) is 31.5 Å². The van der Waals surface area contributed by atoms with Gasteiger partial charge in [0.2, 0.25) is 21.8 Å². The molecule has 2 aromatic rings. The molecule has 0 aliphatic carbocycles. The van der Waals surface area contributed by atoms with Gasteiger partial charge in [-0.1, -0.05) is 17.7 Å². The zero-order valence-electron chi connectivity index (χ0n) is 19.8. The summed E-state index contributed by atoms with van der Waals surface area (Å²) in [5.41, 5.74) is 3.49. The SMILES string of the molecule is Cc1ccc(NC(=O)[C@@H]2CCCN(S(=O)(=O)c3ccc4c(c3)C(C)(C)C(=O)N4C)C2)c(C)c1. The van der Waals surface area contributed by atoms with Crippen LogP contribution in [0.5, 0.6) is 0 Å². The summed E-state index contributed by atoms with van der Waals surface area (Å²) in [6, 6.07) is 10.7. The van der Waals surface area contributed by atoms with Gasteiger partial charge < -0.3 is 10.2 Å². The van der Waals surface area contributed by atoms with E-state index >= 15 is 0 Å². The molecule has 176 valence electrons. The maximum Gasteiger partial charge on any atom is 0.243 e. The number of carbonyl (C=O) groups is 2. The Morgan fingerprint density at radius 1 is 1.12 bits per heavy atom. The Balaban J connectivity index is 1.55. The highest BCUT2D eigenvalue weighted by molar-refractivity contribution is 7.89. The highest BCUT2D eigenvalue weighted by Crippen LogP contribution is 2.42. The Kier molecular flexibility index (Phi) is 5.87. The lowest BCUT2D eigenvalue weighted by atomic mass is 9.86. The molecule has 2 aliphatic rings. The number of rotatable bonds is 4. The maximum absolute atomic E-state index is 13.5. The average molecular weight is 470 g/mol. The molecule has 2 aliphatic heterocycles. The van der Waals surface area contributed by atoms with Crippen LogP contribution in [0, 0.1) is 19.8 Å². The third-order valence-corrected chi connectivity index (χ3v) is 8.74. The van der Waals surface area contributed by atoms with Crippen LogP contribution >= 0.6 is 0 Å². The first-order chi connectivity index (χ1) is 15.4. The van der Waals surface area contributed by atoms with Crippen LogP contribution in [-0.4, -0.2) is 44.7 Å². The van der Waals surface area contributed by atoms with Crippen molar-refractivity contribution in [1.29, 1.82) is 0 Å². The molecule has 4 rings (SSSR count). The van der Waals surface area contributed by atoms with E-state index < -0.39 is 21.4 Å². The molecule has 2 amide bonds. The van der Waals surface area contributed by atoms with E-state index in [1.807, 2.05) is 45.9 Å². The first kappa shape index (κ1) is 23.4. The van der Waals surface area contributed by atoms with Crippen molar-refractivity contribution >= 4 is 33.2 Å². The van der Waals surface area contributed by atoms with Crippen molar-refractivity contribution in [2.45, 2.75) is 50.8 Å². The third kappa shape index (κ3) is 4.06. The zero-order chi connectivity index (χ0) is 24.1. The van der Waals surface area contributed by atoms with Crippen molar-refractivity contribution in [3.05, 3.63) is 53.1 Å². The summed E-state index contributed by atoms with van der Waals surface area (Å²) in [6.45, 7) is 8.06. The molecule has 1 atom stereocenters. The highest BCUT2D eigenvalue weighted by atomic mass is 32.2. The summed E-state index contributed by atoms with van der Waals surface area (Å²) in [6.07, 6.45) is 1.25. The third-order valence-electron chi connectivity index (χ3n) is 6.87. The summed E-state index contributed by atoms with van der Waals surface area (Å²) in [7, 11) is -2.10. The molecule has 1 N–H and O–H groups in total. The smallest absolute Gasteiger partial charge is 0.243 e. The van der Waals surface area contributed by atoms with E-state index in [9.17, 15) is 18.0 Å². The largest absolute Gasteiger partial charge is 0.326 e. The number of hydrogen-bond donors (Lipinski definition) is 1. The molecule has 2 aromatic carbocycles. The minimum Gasteiger partial charge on any atom is -0.326 e. The number of carbonyl (C=O) groups excluding carboxylic acids is 2. The van der Waals surface area contributed by atoms with E-state index in [-0.39, 0.29) is 23.3 Å². The quantitative estimate of drug-likeness (QED) is 0.741. The fourth-order valence-corrected chi connectivity index (χ4v) is 6.38. The van der Waals surface area contributed by atoms with Crippen LogP contribution in [0.15, 0.2) is 41.3 Å². The predicted octanol–water partition coefficient (Wildman–Crippen LogP) is 3.60. The summed E-state index contributed by atoms with van der Waals surface area (Å²) in [4.78, 5) is 27.3. The van der Waals surface area contributed by atoms with E-state index in [0.717, 1.165) is 22.5 Å². The van der Waals surface area contributed by atoms with Gasteiger partial charge in [0.15, 0.2) is 0 Å². The second kappa shape index (κ2) is 8.25. The van der Waals surface area contributed by atoms with Gasteiger partial charge in [0.1, 0.15) is 0 Å². The Bertz CT molecular complexity index is 1240. The summed E-state index contributed by atoms with van der Waals surface area (Å²) in [5, 5.41) is 2.97. The number of fused-ring (bicyclic) bond motifs is 1. The van der Waals surface area contributed by atoms with Gasteiger partial charge >= 0.3 is 0 Å². The molecule has 0 bridgehead atoms. The molecule has 7 nitrogen and oxygen atoms in total. The molecular formula is C25H31N3O4S. The maximum atomic E-state index is 13.5. The number of amides is 2. The summed E-state index contributed by atoms with van der Waals surface area (Å²) in [5.74, 6) is -0.648. The molecule has 33 heavy (non-hydrogen) atoms. The van der Waals surface area contributed by atoms with Crippen LogP contribution in [-0.2, 0) is 25.0 Å². The molecule has 2 heterocycles. The van der Waals surface area contributed by atoms with E-state index in [1.165, 1.54) is 4.31 Å². The van der Waals surface area contributed by atoms with Crippen LogP contribution in [0.4, 0.5) is 11.4 Å². The van der Waals surface area contributed by atoms with Gasteiger partial charge in [-0.25, -0.2) is 8.42 Å². The molecule has 1 saturated heterocycles. The normalized spacial score (nSPS) is 20.6. The fourth-order valence-electron chi connectivity index (χ4n) is 4.82. The van der Waals surface area contributed by atoms with Crippen LogP contribution in [0.1, 0.15) is 43.4 Å². The lowest BCUT2D eigenvalue weighted by molar-refractivity contribution is -0.122. The predicted molar refractivity (Wildman–Crippen MR) is 129 cm³/mol. The first-order valence-corrected chi connectivity index (χ1v) is 12.7. The van der Waals surface area contributed by atoms with Crippen molar-refractivity contribution in [2.75, 3.05) is 30.4 Å². The van der Waals surface area contributed by atoms with E-state index in [1.54, 1.807) is 30.1 Å². The van der Waals surface area contributed by atoms with Crippen LogP contribution in [0.2, 0.25) is 0 Å². The topological polar surface area (TPSA) is 86.8 Å². The van der Waals surface area contributed by atoms with Gasteiger partial charge in [-0.3, -0.25) is 9.59 Å². The number of sulfonamides is 1. The fraction of sp³-hybridized carbons (Fsp3) is 0.440. The van der Waals surface area contributed by atoms with E-state index in [0.29, 0.717) is 24.9 Å². The molecule has 0 spiro atoms. The van der Waals surface area contributed by atoms with Gasteiger partial charge in [-0.05, 0) is 75.9 Å². The van der Waals surface area contributed by atoms with Crippen molar-refractivity contribution in [3.63, 3.8) is 0 Å². The number of aryl methyl sites for hydroxylation is 2. The average Bonchev–Trinajstić information content (AvgIpc) is 2.95. The number of piperidine rings is 1. The van der Waals surface area contributed by atoms with Crippen LogP contribution in [0.3, 0.4) is 0 Å². The zero-order valence-corrected chi connectivity index (χ0v) is 20.6. The Labute approximate surface area is 195 Å². The van der Waals surface area contributed by atoms with Crippen molar-refractivity contribution in [3.8, 4) is 0 Å². The van der Waals surface area contributed by atoms with Gasteiger partial charge in [0.25, 0.3) is 0 Å². The van der Waals surface area contributed by atoms with Crippen molar-refractivity contribution in [2.24, 2.45) is 5.92 Å².